The molecule has 1 saturated carbocycles. The van der Waals surface area contributed by atoms with Gasteiger partial charge in [-0.3, -0.25) is 0 Å². The topological polar surface area (TPSA) is 12.0 Å². The summed E-state index contributed by atoms with van der Waals surface area (Å²) in [6.45, 7) is 5.15. The van der Waals surface area contributed by atoms with Crippen molar-refractivity contribution < 1.29 is 0 Å². The summed E-state index contributed by atoms with van der Waals surface area (Å²) >= 11 is 14.5. The van der Waals surface area contributed by atoms with Crippen LogP contribution < -0.4 is 5.32 Å². The van der Waals surface area contributed by atoms with Gasteiger partial charge in [0.25, 0.3) is 0 Å². The first-order valence-corrected chi connectivity index (χ1v) is 8.96. The Bertz CT molecular complexity index is 646. The monoisotopic (exact) mass is 339 g/mol. The summed E-state index contributed by atoms with van der Waals surface area (Å²) in [7, 11) is 0. The van der Waals surface area contributed by atoms with E-state index >= 15 is 0 Å². The second-order valence-electron chi connectivity index (χ2n) is 5.66. The molecule has 2 aromatic rings. The molecule has 4 heteroatoms. The van der Waals surface area contributed by atoms with Gasteiger partial charge in [0.15, 0.2) is 0 Å². The standard InChI is InChI=1S/C17H19Cl2NS/c1-3-20-17(11-4-5-11)16-7-6-15(21-16)12-9-13(18)10(2)8-14(12)19/h6-9,11,17,20H,3-5H2,1-2H3. The smallest absolute Gasteiger partial charge is 0.0496 e. The van der Waals surface area contributed by atoms with Crippen molar-refractivity contribution in [2.45, 2.75) is 32.7 Å². The number of thiophene rings is 1. The van der Waals surface area contributed by atoms with Crippen LogP contribution in [0, 0.1) is 12.8 Å². The second kappa shape index (κ2) is 6.29. The quantitative estimate of drug-likeness (QED) is 0.694. The number of benzene rings is 1. The molecule has 1 atom stereocenters. The number of hydrogen-bond donors (Lipinski definition) is 1. The highest BCUT2D eigenvalue weighted by Gasteiger charge is 2.32. The van der Waals surface area contributed by atoms with Crippen molar-refractivity contribution >= 4 is 34.5 Å². The average Bonchev–Trinajstić information content (AvgIpc) is 3.17. The van der Waals surface area contributed by atoms with Gasteiger partial charge in [0.05, 0.1) is 0 Å². The van der Waals surface area contributed by atoms with E-state index in [4.69, 9.17) is 23.2 Å². The summed E-state index contributed by atoms with van der Waals surface area (Å²) in [5, 5.41) is 5.16. The maximum atomic E-state index is 6.39. The summed E-state index contributed by atoms with van der Waals surface area (Å²) in [5.41, 5.74) is 2.06. The molecule has 1 aromatic heterocycles. The first-order valence-electron chi connectivity index (χ1n) is 7.39. The van der Waals surface area contributed by atoms with Crippen LogP contribution in [0.25, 0.3) is 10.4 Å². The highest BCUT2D eigenvalue weighted by molar-refractivity contribution is 7.15. The lowest BCUT2D eigenvalue weighted by Gasteiger charge is -2.15. The summed E-state index contributed by atoms with van der Waals surface area (Å²) in [6, 6.07) is 8.82. The lowest BCUT2D eigenvalue weighted by molar-refractivity contribution is 0.504. The molecule has 0 radical (unpaired) electrons. The van der Waals surface area contributed by atoms with Gasteiger partial charge in [-0.15, -0.1) is 11.3 Å². The Morgan fingerprint density at radius 3 is 2.67 bits per heavy atom. The van der Waals surface area contributed by atoms with Gasteiger partial charge in [-0.1, -0.05) is 30.1 Å². The van der Waals surface area contributed by atoms with Crippen LogP contribution in [0.5, 0.6) is 0 Å². The summed E-state index contributed by atoms with van der Waals surface area (Å²) in [4.78, 5) is 2.60. The summed E-state index contributed by atoms with van der Waals surface area (Å²) < 4.78 is 0. The minimum atomic E-state index is 0.494. The van der Waals surface area contributed by atoms with Crippen molar-refractivity contribution in [3.05, 3.63) is 44.8 Å². The van der Waals surface area contributed by atoms with Crippen LogP contribution in [0.3, 0.4) is 0 Å². The van der Waals surface area contributed by atoms with Crippen molar-refractivity contribution in [1.82, 2.24) is 5.32 Å². The predicted molar refractivity (Wildman–Crippen MR) is 93.7 cm³/mol. The normalized spacial score (nSPS) is 16.2. The first kappa shape index (κ1) is 15.4. The van der Waals surface area contributed by atoms with E-state index in [2.05, 4.69) is 24.4 Å². The Kier molecular flexibility index (Phi) is 4.60. The Labute approximate surface area is 140 Å². The Morgan fingerprint density at radius 1 is 1.24 bits per heavy atom. The third kappa shape index (κ3) is 3.29. The molecule has 0 aliphatic heterocycles. The van der Waals surface area contributed by atoms with E-state index in [-0.39, 0.29) is 0 Å². The van der Waals surface area contributed by atoms with E-state index in [0.29, 0.717) is 6.04 Å². The molecule has 0 saturated heterocycles. The van der Waals surface area contributed by atoms with Gasteiger partial charge in [0, 0.05) is 31.4 Å². The van der Waals surface area contributed by atoms with Gasteiger partial charge in [-0.05, 0) is 62.1 Å². The average molecular weight is 340 g/mol. The molecule has 1 aliphatic rings. The molecule has 1 nitrogen and oxygen atoms in total. The van der Waals surface area contributed by atoms with Gasteiger partial charge in [0.1, 0.15) is 0 Å². The Hall–Kier alpha value is -0.540. The van der Waals surface area contributed by atoms with Gasteiger partial charge in [0.2, 0.25) is 0 Å². The molecule has 1 aromatic carbocycles. The van der Waals surface area contributed by atoms with Crippen molar-refractivity contribution in [3.63, 3.8) is 0 Å². The van der Waals surface area contributed by atoms with Crippen LogP contribution in [-0.4, -0.2) is 6.54 Å². The molecule has 1 aliphatic carbocycles. The van der Waals surface area contributed by atoms with E-state index in [9.17, 15) is 0 Å². The molecule has 1 unspecified atom stereocenters. The van der Waals surface area contributed by atoms with Crippen LogP contribution in [0.1, 0.15) is 36.2 Å². The fraction of sp³-hybridized carbons (Fsp3) is 0.412. The zero-order chi connectivity index (χ0) is 15.0. The molecule has 0 spiro atoms. The zero-order valence-corrected chi connectivity index (χ0v) is 14.6. The summed E-state index contributed by atoms with van der Waals surface area (Å²) in [5.74, 6) is 0.800. The van der Waals surface area contributed by atoms with Gasteiger partial charge >= 0.3 is 0 Å². The third-order valence-corrected chi connectivity index (χ3v) is 5.89. The molecule has 21 heavy (non-hydrogen) atoms. The number of nitrogens with one attached hydrogen (secondary N) is 1. The van der Waals surface area contributed by atoms with Gasteiger partial charge in [-0.2, -0.15) is 0 Å². The van der Waals surface area contributed by atoms with Crippen molar-refractivity contribution in [3.8, 4) is 10.4 Å². The molecule has 1 fully saturated rings. The molecule has 112 valence electrons. The van der Waals surface area contributed by atoms with Crippen LogP contribution in [0.4, 0.5) is 0 Å². The fourth-order valence-electron chi connectivity index (χ4n) is 2.65. The van der Waals surface area contributed by atoms with E-state index in [1.54, 1.807) is 0 Å². The zero-order valence-electron chi connectivity index (χ0n) is 12.2. The van der Waals surface area contributed by atoms with Crippen molar-refractivity contribution in [2.24, 2.45) is 5.92 Å². The van der Waals surface area contributed by atoms with Gasteiger partial charge in [-0.25, -0.2) is 0 Å². The largest absolute Gasteiger partial charge is 0.309 e. The van der Waals surface area contributed by atoms with Gasteiger partial charge < -0.3 is 5.32 Å². The molecule has 1 N–H and O–H groups in total. The van der Waals surface area contributed by atoms with Crippen molar-refractivity contribution in [2.75, 3.05) is 6.54 Å². The fourth-order valence-corrected chi connectivity index (χ4v) is 4.40. The molecular formula is C17H19Cl2NS. The third-order valence-electron chi connectivity index (χ3n) is 3.96. The van der Waals surface area contributed by atoms with Crippen LogP contribution >= 0.6 is 34.5 Å². The van der Waals surface area contributed by atoms with E-state index < -0.39 is 0 Å². The number of rotatable bonds is 5. The molecular weight excluding hydrogens is 321 g/mol. The molecule has 1 heterocycles. The highest BCUT2D eigenvalue weighted by Crippen LogP contribution is 2.45. The maximum absolute atomic E-state index is 6.39. The molecule has 3 rings (SSSR count). The lowest BCUT2D eigenvalue weighted by atomic mass is 10.1. The molecule has 0 amide bonds. The Morgan fingerprint density at radius 2 is 2.00 bits per heavy atom. The minimum absolute atomic E-state index is 0.494. The van der Waals surface area contributed by atoms with E-state index in [1.807, 2.05) is 30.4 Å². The first-order chi connectivity index (χ1) is 10.1. The minimum Gasteiger partial charge on any atom is -0.309 e. The van der Waals surface area contributed by atoms with Crippen LogP contribution in [-0.2, 0) is 0 Å². The number of aryl methyl sites for hydroxylation is 1. The second-order valence-corrected chi connectivity index (χ2v) is 7.59. The highest BCUT2D eigenvalue weighted by atomic mass is 35.5. The van der Waals surface area contributed by atoms with Crippen LogP contribution in [0.15, 0.2) is 24.3 Å². The molecule has 0 bridgehead atoms. The number of halogens is 2. The van der Waals surface area contributed by atoms with Crippen LogP contribution in [0.2, 0.25) is 10.0 Å². The predicted octanol–water partition coefficient (Wildman–Crippen LogP) is 6.09. The van der Waals surface area contributed by atoms with E-state index in [1.165, 1.54) is 22.6 Å². The van der Waals surface area contributed by atoms with E-state index in [0.717, 1.165) is 33.6 Å². The SMILES string of the molecule is CCNC(c1ccc(-c2cc(Cl)c(C)cc2Cl)s1)C1CC1. The maximum Gasteiger partial charge on any atom is 0.0496 e. The lowest BCUT2D eigenvalue weighted by Crippen LogP contribution is -2.21. The van der Waals surface area contributed by atoms with Crippen molar-refractivity contribution in [1.29, 1.82) is 0 Å². The summed E-state index contributed by atoms with van der Waals surface area (Å²) in [6.07, 6.45) is 2.67. The Balaban J connectivity index is 1.92. The number of hydrogen-bond acceptors (Lipinski definition) is 2.